The van der Waals surface area contributed by atoms with Gasteiger partial charge in [-0.25, -0.2) is 4.79 Å². The lowest BCUT2D eigenvalue weighted by Crippen LogP contribution is -2.64. The highest BCUT2D eigenvalue weighted by Gasteiger charge is 2.42. The van der Waals surface area contributed by atoms with Crippen molar-refractivity contribution in [1.82, 2.24) is 15.2 Å². The molecule has 6 heteroatoms. The summed E-state index contributed by atoms with van der Waals surface area (Å²) in [5, 5.41) is 8.47. The second-order valence-corrected chi connectivity index (χ2v) is 9.08. The molecule has 2 aromatic heterocycles. The molecule has 0 spiro atoms. The first kappa shape index (κ1) is 19.3. The fourth-order valence-electron chi connectivity index (χ4n) is 4.91. The molecule has 0 aliphatic carbocycles. The first-order valence-corrected chi connectivity index (χ1v) is 11.5. The van der Waals surface area contributed by atoms with Gasteiger partial charge in [0.05, 0.1) is 10.6 Å². The second kappa shape index (κ2) is 8.58. The molecular formula is C24H26N4OS. The molecule has 2 bridgehead atoms. The van der Waals surface area contributed by atoms with Gasteiger partial charge in [0.2, 0.25) is 0 Å². The number of nitrogens with zero attached hydrogens (tertiary/aromatic N) is 2. The summed E-state index contributed by atoms with van der Waals surface area (Å²) in [6.45, 7) is 2.25. The Balaban J connectivity index is 1.31. The number of rotatable bonds is 5. The Hall–Kier alpha value is -2.70. The average Bonchev–Trinajstić information content (AvgIpc) is 3.25. The predicted octanol–water partition coefficient (Wildman–Crippen LogP) is 4.64. The molecule has 0 saturated carbocycles. The topological polar surface area (TPSA) is 57.3 Å². The number of amides is 2. The smallest absolute Gasteiger partial charge is 0.319 e. The quantitative estimate of drug-likeness (QED) is 0.635. The number of carbonyl (C=O) groups excluding carboxylic acids is 1. The van der Waals surface area contributed by atoms with Crippen LogP contribution < -0.4 is 10.6 Å². The number of benzene rings is 1. The normalized spacial score (nSPS) is 25.1. The molecule has 2 atom stereocenters. The van der Waals surface area contributed by atoms with Crippen LogP contribution in [0.25, 0.3) is 10.4 Å². The number of urea groups is 1. The maximum absolute atomic E-state index is 13.0. The summed E-state index contributed by atoms with van der Waals surface area (Å²) in [5.74, 6) is 0.540. The van der Waals surface area contributed by atoms with Crippen molar-refractivity contribution >= 4 is 23.1 Å². The molecule has 6 rings (SSSR count). The number of aromatic nitrogens is 1. The minimum absolute atomic E-state index is 0.111. The lowest BCUT2D eigenvalue weighted by atomic mass is 9.77. The van der Waals surface area contributed by atoms with Gasteiger partial charge in [0.15, 0.2) is 0 Å². The van der Waals surface area contributed by atoms with E-state index in [4.69, 9.17) is 0 Å². The minimum atomic E-state index is -0.111. The van der Waals surface area contributed by atoms with Crippen molar-refractivity contribution in [3.8, 4) is 10.4 Å². The molecule has 30 heavy (non-hydrogen) atoms. The average molecular weight is 419 g/mol. The third kappa shape index (κ3) is 3.98. The van der Waals surface area contributed by atoms with E-state index >= 15 is 0 Å². The molecule has 3 fully saturated rings. The summed E-state index contributed by atoms with van der Waals surface area (Å²) >= 11 is 1.65. The van der Waals surface area contributed by atoms with Crippen molar-refractivity contribution in [3.05, 3.63) is 71.9 Å². The Kier molecular flexibility index (Phi) is 5.51. The van der Waals surface area contributed by atoms with Gasteiger partial charge in [0, 0.05) is 24.5 Å². The van der Waals surface area contributed by atoms with Crippen LogP contribution in [0, 0.1) is 5.92 Å². The van der Waals surface area contributed by atoms with Gasteiger partial charge >= 0.3 is 6.03 Å². The van der Waals surface area contributed by atoms with Crippen LogP contribution in [0.2, 0.25) is 0 Å². The van der Waals surface area contributed by atoms with Gasteiger partial charge in [0.25, 0.3) is 0 Å². The zero-order chi connectivity index (χ0) is 20.3. The molecule has 2 unspecified atom stereocenters. The number of fused-ring (bicyclic) bond motifs is 3. The van der Waals surface area contributed by atoms with E-state index in [1.54, 1.807) is 11.3 Å². The standard InChI is InChI=1S/C24H26N4OS/c29-24(26-20-10-14-30-23(20)19-6-2-1-3-7-19)27-22-18-8-12-28(13-9-18)21(22)15-17-5-4-11-25-16-17/h1-7,10-11,14,16,18,21-22H,8-9,12-13,15H2,(H2,26,27,29). The Morgan fingerprint density at radius 1 is 1.10 bits per heavy atom. The number of nitrogens with one attached hydrogen (secondary N) is 2. The molecule has 5 heterocycles. The first-order valence-electron chi connectivity index (χ1n) is 10.6. The van der Waals surface area contributed by atoms with Crippen molar-refractivity contribution in [1.29, 1.82) is 0 Å². The molecule has 154 valence electrons. The summed E-state index contributed by atoms with van der Waals surface area (Å²) in [4.78, 5) is 20.9. The molecule has 0 radical (unpaired) electrons. The Morgan fingerprint density at radius 2 is 1.93 bits per heavy atom. The van der Waals surface area contributed by atoms with Gasteiger partial charge in [-0.15, -0.1) is 11.3 Å². The van der Waals surface area contributed by atoms with Crippen molar-refractivity contribution in [3.63, 3.8) is 0 Å². The molecule has 3 aliphatic rings. The number of pyridine rings is 1. The molecular weight excluding hydrogens is 392 g/mol. The van der Waals surface area contributed by atoms with Gasteiger partial charge in [0.1, 0.15) is 0 Å². The van der Waals surface area contributed by atoms with Crippen LogP contribution >= 0.6 is 11.3 Å². The number of thiophene rings is 1. The lowest BCUT2D eigenvalue weighted by Gasteiger charge is -2.51. The van der Waals surface area contributed by atoms with Gasteiger partial charge in [-0.3, -0.25) is 9.88 Å². The number of carbonyl (C=O) groups is 1. The van der Waals surface area contributed by atoms with Crippen molar-refractivity contribution in [2.45, 2.75) is 31.3 Å². The molecule has 2 N–H and O–H groups in total. The predicted molar refractivity (Wildman–Crippen MR) is 122 cm³/mol. The maximum atomic E-state index is 13.0. The van der Waals surface area contributed by atoms with Gasteiger partial charge in [-0.05, 0) is 66.9 Å². The largest absolute Gasteiger partial charge is 0.333 e. The molecule has 3 aliphatic heterocycles. The van der Waals surface area contributed by atoms with Crippen LogP contribution in [0.5, 0.6) is 0 Å². The number of hydrogen-bond acceptors (Lipinski definition) is 4. The Labute approximate surface area is 181 Å². The van der Waals surface area contributed by atoms with Gasteiger partial charge in [-0.1, -0.05) is 36.4 Å². The van der Waals surface area contributed by atoms with Crippen molar-refractivity contribution < 1.29 is 4.79 Å². The summed E-state index contributed by atoms with van der Waals surface area (Å²) in [6.07, 6.45) is 6.98. The van der Waals surface area contributed by atoms with Crippen LogP contribution in [-0.2, 0) is 6.42 Å². The molecule has 5 nitrogen and oxygen atoms in total. The van der Waals surface area contributed by atoms with E-state index in [0.717, 1.165) is 48.5 Å². The van der Waals surface area contributed by atoms with E-state index in [1.165, 1.54) is 5.56 Å². The minimum Gasteiger partial charge on any atom is -0.333 e. The maximum Gasteiger partial charge on any atom is 0.319 e. The number of anilines is 1. The van der Waals surface area contributed by atoms with Gasteiger partial charge < -0.3 is 10.6 Å². The van der Waals surface area contributed by atoms with Gasteiger partial charge in [-0.2, -0.15) is 0 Å². The summed E-state index contributed by atoms with van der Waals surface area (Å²) < 4.78 is 0. The number of piperidine rings is 3. The van der Waals surface area contributed by atoms with E-state index in [2.05, 4.69) is 38.7 Å². The van der Waals surface area contributed by atoms with Crippen molar-refractivity contribution in [2.75, 3.05) is 18.4 Å². The Bertz CT molecular complexity index is 983. The van der Waals surface area contributed by atoms with Crippen molar-refractivity contribution in [2.24, 2.45) is 5.92 Å². The van der Waals surface area contributed by atoms with E-state index in [1.807, 2.05) is 48.1 Å². The summed E-state index contributed by atoms with van der Waals surface area (Å²) in [7, 11) is 0. The van der Waals surface area contributed by atoms with E-state index < -0.39 is 0 Å². The third-order valence-electron chi connectivity index (χ3n) is 6.38. The zero-order valence-corrected chi connectivity index (χ0v) is 17.6. The highest BCUT2D eigenvalue weighted by Crippen LogP contribution is 2.35. The van der Waals surface area contributed by atoms with Crippen LogP contribution in [0.15, 0.2) is 66.3 Å². The molecule has 3 aromatic rings. The fraction of sp³-hybridized carbons (Fsp3) is 0.333. The zero-order valence-electron chi connectivity index (χ0n) is 16.8. The van der Waals surface area contributed by atoms with E-state index in [9.17, 15) is 4.79 Å². The Morgan fingerprint density at radius 3 is 2.70 bits per heavy atom. The fourth-order valence-corrected chi connectivity index (χ4v) is 5.77. The van der Waals surface area contributed by atoms with Crippen LogP contribution in [0.4, 0.5) is 10.5 Å². The van der Waals surface area contributed by atoms with Crippen LogP contribution in [0.3, 0.4) is 0 Å². The molecule has 2 amide bonds. The lowest BCUT2D eigenvalue weighted by molar-refractivity contribution is 0.0184. The van der Waals surface area contributed by atoms with Crippen LogP contribution in [-0.4, -0.2) is 41.1 Å². The highest BCUT2D eigenvalue weighted by atomic mass is 32.1. The summed E-state index contributed by atoms with van der Waals surface area (Å²) in [6, 6.07) is 16.7. The van der Waals surface area contributed by atoms with Crippen LogP contribution in [0.1, 0.15) is 18.4 Å². The summed E-state index contributed by atoms with van der Waals surface area (Å²) in [5.41, 5.74) is 3.22. The molecule has 3 saturated heterocycles. The molecule has 1 aromatic carbocycles. The third-order valence-corrected chi connectivity index (χ3v) is 7.34. The van der Waals surface area contributed by atoms with E-state index in [-0.39, 0.29) is 12.1 Å². The number of hydrogen-bond donors (Lipinski definition) is 2. The first-order chi connectivity index (χ1) is 14.8. The highest BCUT2D eigenvalue weighted by molar-refractivity contribution is 7.14. The second-order valence-electron chi connectivity index (χ2n) is 8.16. The SMILES string of the molecule is O=C(Nc1ccsc1-c1ccccc1)NC1C2CCN(CC2)C1Cc1cccnc1. The van der Waals surface area contributed by atoms with E-state index in [0.29, 0.717) is 12.0 Å². The monoisotopic (exact) mass is 418 g/mol.